The zero-order valence-corrected chi connectivity index (χ0v) is 10.8. The summed E-state index contributed by atoms with van der Waals surface area (Å²) in [6, 6.07) is 5.45. The minimum Gasteiger partial charge on any atom is -0.497 e. The smallest absolute Gasteiger partial charge is 0.131 e. The van der Waals surface area contributed by atoms with Crippen LogP contribution in [0.25, 0.3) is 5.43 Å². The summed E-state index contributed by atoms with van der Waals surface area (Å²) in [5.41, 5.74) is 5.33. The van der Waals surface area contributed by atoms with Gasteiger partial charge in [0.15, 0.2) is 0 Å². The van der Waals surface area contributed by atoms with Crippen molar-refractivity contribution in [2.45, 2.75) is 6.92 Å². The van der Waals surface area contributed by atoms with Crippen LogP contribution in [-0.4, -0.2) is 40.6 Å². The van der Waals surface area contributed by atoms with E-state index in [1.807, 2.05) is 19.1 Å². The van der Waals surface area contributed by atoms with Gasteiger partial charge in [-0.1, -0.05) is 0 Å². The second-order valence-corrected chi connectivity index (χ2v) is 3.56. The van der Waals surface area contributed by atoms with Gasteiger partial charge in [0.25, 0.3) is 0 Å². The molecule has 0 fully saturated rings. The Labute approximate surface area is 109 Å². The van der Waals surface area contributed by atoms with Crippen molar-refractivity contribution >= 4 is 11.7 Å². The van der Waals surface area contributed by atoms with Crippen molar-refractivity contribution in [1.82, 2.24) is 20.6 Å². The molecule has 0 atom stereocenters. The number of hydrogen-bond acceptors (Lipinski definition) is 6. The summed E-state index contributed by atoms with van der Waals surface area (Å²) in [6.45, 7) is 1.81. The van der Waals surface area contributed by atoms with E-state index in [0.29, 0.717) is 17.2 Å². The van der Waals surface area contributed by atoms with Crippen molar-refractivity contribution < 1.29 is 9.47 Å². The lowest BCUT2D eigenvalue weighted by molar-refractivity contribution is 0.394. The predicted octanol–water partition coefficient (Wildman–Crippen LogP) is 1.65. The van der Waals surface area contributed by atoms with E-state index >= 15 is 0 Å². The Balaban J connectivity index is 2.22. The van der Waals surface area contributed by atoms with Crippen LogP contribution in [-0.2, 0) is 0 Å². The molecule has 0 aliphatic rings. The second-order valence-electron chi connectivity index (χ2n) is 3.56. The van der Waals surface area contributed by atoms with Crippen molar-refractivity contribution in [2.75, 3.05) is 14.2 Å². The number of tetrazole rings is 1. The molecule has 0 bridgehead atoms. The monoisotopic (exact) mass is 261 g/mol. The highest BCUT2D eigenvalue weighted by molar-refractivity contribution is 6.01. The number of benzene rings is 1. The van der Waals surface area contributed by atoms with Crippen molar-refractivity contribution in [3.63, 3.8) is 0 Å². The number of rotatable bonds is 5. The normalized spacial score (nSPS) is 11.2. The summed E-state index contributed by atoms with van der Waals surface area (Å²) >= 11 is 0. The Kier molecular flexibility index (Phi) is 3.91. The molecule has 0 spiro atoms. The fourth-order valence-electron chi connectivity index (χ4n) is 1.47. The van der Waals surface area contributed by atoms with Crippen LogP contribution in [0.5, 0.6) is 11.5 Å². The molecular weight excluding hydrogens is 248 g/mol. The molecule has 1 aromatic carbocycles. The van der Waals surface area contributed by atoms with Gasteiger partial charge in [-0.2, -0.15) is 0 Å². The van der Waals surface area contributed by atoms with Gasteiger partial charge < -0.3 is 9.47 Å². The molecule has 1 aromatic heterocycles. The number of nitrogens with zero attached hydrogens (tertiary/aromatic N) is 5. The number of hydrogen-bond donors (Lipinski definition) is 1. The van der Waals surface area contributed by atoms with E-state index in [0.717, 1.165) is 5.56 Å². The largest absolute Gasteiger partial charge is 0.497 e. The van der Waals surface area contributed by atoms with Crippen molar-refractivity contribution in [3.8, 4) is 11.5 Å². The van der Waals surface area contributed by atoms with Gasteiger partial charge in [-0.3, -0.25) is 20.8 Å². The quantitative estimate of drug-likeness (QED) is 0.651. The van der Waals surface area contributed by atoms with Crippen molar-refractivity contribution in [1.29, 1.82) is 0 Å². The minimum absolute atomic E-state index is 0.173. The fraction of sp³-hybridized carbons (Fsp3) is 0.273. The van der Waals surface area contributed by atoms with Crippen molar-refractivity contribution in [2.24, 2.45) is 5.10 Å². The predicted molar refractivity (Wildman–Crippen MR) is 69.0 cm³/mol. The van der Waals surface area contributed by atoms with Gasteiger partial charge in [-0.15, -0.1) is 5.21 Å². The number of nitrogens with one attached hydrogen (secondary N) is 1. The molecule has 2 rings (SSSR count). The topological polar surface area (TPSA) is 99.4 Å². The van der Waals surface area contributed by atoms with Crippen LogP contribution < -0.4 is 9.47 Å². The first-order valence-corrected chi connectivity index (χ1v) is 5.45. The van der Waals surface area contributed by atoms with Crippen LogP contribution in [0.1, 0.15) is 12.5 Å². The third-order valence-electron chi connectivity index (χ3n) is 2.42. The number of ether oxygens (including phenoxy) is 2. The summed E-state index contributed by atoms with van der Waals surface area (Å²) in [5.74, 6) is 1.54. The van der Waals surface area contributed by atoms with E-state index < -0.39 is 0 Å². The first-order valence-electron chi connectivity index (χ1n) is 5.45. The summed E-state index contributed by atoms with van der Waals surface area (Å²) < 4.78 is 10.4. The zero-order chi connectivity index (χ0) is 13.7. The fourth-order valence-corrected chi connectivity index (χ4v) is 1.47. The molecule has 2 aromatic rings. The molecule has 0 aliphatic heterocycles. The van der Waals surface area contributed by atoms with Gasteiger partial charge in [0.2, 0.25) is 0 Å². The van der Waals surface area contributed by atoms with Crippen LogP contribution in [0.2, 0.25) is 0 Å². The summed E-state index contributed by atoms with van der Waals surface area (Å²) in [7, 11) is 3.18. The molecule has 0 unspecified atom stereocenters. The lowest BCUT2D eigenvalue weighted by Gasteiger charge is -2.10. The molecule has 8 heteroatoms. The molecule has 0 saturated heterocycles. The highest BCUT2D eigenvalue weighted by Gasteiger charge is 2.07. The summed E-state index contributed by atoms with van der Waals surface area (Å²) in [6.07, 6.45) is 0. The first-order chi connectivity index (χ1) is 9.24. The maximum absolute atomic E-state index is 5.29. The number of H-pyrrole nitrogens is 1. The van der Waals surface area contributed by atoms with Gasteiger partial charge in [0.1, 0.15) is 11.5 Å². The number of aromatic nitrogens is 4. The van der Waals surface area contributed by atoms with Crippen LogP contribution in [0.15, 0.2) is 23.3 Å². The van der Waals surface area contributed by atoms with Crippen molar-refractivity contribution in [3.05, 3.63) is 29.2 Å². The Hall–Kier alpha value is -2.64. The number of aromatic amines is 1. The van der Waals surface area contributed by atoms with E-state index in [9.17, 15) is 0 Å². The van der Waals surface area contributed by atoms with E-state index in [1.165, 1.54) is 0 Å². The molecule has 0 radical (unpaired) electrons. The van der Waals surface area contributed by atoms with E-state index in [1.54, 1.807) is 20.3 Å². The van der Waals surface area contributed by atoms with Crippen LogP contribution in [0, 0.1) is 0 Å². The van der Waals surface area contributed by atoms with Crippen LogP contribution in [0.4, 0.5) is 5.95 Å². The molecule has 100 valence electrons. The minimum atomic E-state index is 0.173. The molecule has 0 aliphatic carbocycles. The average Bonchev–Trinajstić information content (AvgIpc) is 2.97. The zero-order valence-electron chi connectivity index (χ0n) is 10.8. The molecule has 0 saturated carbocycles. The Morgan fingerprint density at radius 1 is 1.32 bits per heavy atom. The molecule has 1 heterocycles. The van der Waals surface area contributed by atoms with E-state index in [4.69, 9.17) is 9.47 Å². The van der Waals surface area contributed by atoms with Gasteiger partial charge in [0, 0.05) is 11.6 Å². The Morgan fingerprint density at radius 2 is 2.16 bits per heavy atom. The SMILES string of the molecule is COc1ccc(/C(C)=N\[N-]c2nn[nH]n2)c(OC)c1. The van der Waals surface area contributed by atoms with Gasteiger partial charge in [-0.25, -0.2) is 5.10 Å². The first kappa shape index (κ1) is 12.8. The lowest BCUT2D eigenvalue weighted by atomic mass is 10.1. The molecule has 8 nitrogen and oxygen atoms in total. The maximum atomic E-state index is 5.29. The van der Waals surface area contributed by atoms with Gasteiger partial charge in [-0.05, 0) is 19.1 Å². The van der Waals surface area contributed by atoms with E-state index in [-0.39, 0.29) is 5.95 Å². The van der Waals surface area contributed by atoms with Gasteiger partial charge >= 0.3 is 0 Å². The average molecular weight is 261 g/mol. The van der Waals surface area contributed by atoms with E-state index in [2.05, 4.69) is 31.2 Å². The summed E-state index contributed by atoms with van der Waals surface area (Å²) in [4.78, 5) is 0. The highest BCUT2D eigenvalue weighted by Crippen LogP contribution is 2.25. The Morgan fingerprint density at radius 3 is 2.79 bits per heavy atom. The number of methoxy groups -OCH3 is 2. The second kappa shape index (κ2) is 5.80. The standard InChI is InChI=1S/C11H13N6O2/c1-7(12-13-11-14-16-17-15-11)9-5-4-8(18-2)6-10(9)19-3/h4-6H,1-3H3,(H-,13,14,15,16,17)/q-1/b12-7-. The van der Waals surface area contributed by atoms with Crippen LogP contribution >= 0.6 is 0 Å². The summed E-state index contributed by atoms with van der Waals surface area (Å²) in [5, 5.41) is 17.1. The lowest BCUT2D eigenvalue weighted by Crippen LogP contribution is -1.99. The Bertz CT molecular complexity index is 567. The van der Waals surface area contributed by atoms with Gasteiger partial charge in [0.05, 0.1) is 25.9 Å². The molecule has 1 N–H and O–H groups in total. The third kappa shape index (κ3) is 2.97. The third-order valence-corrected chi connectivity index (χ3v) is 2.42. The molecule has 19 heavy (non-hydrogen) atoms. The molecular formula is C11H13N6O2-. The molecule has 0 amide bonds. The highest BCUT2D eigenvalue weighted by atomic mass is 16.5. The van der Waals surface area contributed by atoms with Crippen LogP contribution in [0.3, 0.4) is 0 Å². The maximum Gasteiger partial charge on any atom is 0.131 e.